The van der Waals surface area contributed by atoms with Crippen LogP contribution in [0, 0.1) is 11.3 Å². The van der Waals surface area contributed by atoms with Crippen LogP contribution in [-0.2, 0) is 0 Å². The van der Waals surface area contributed by atoms with E-state index in [1.54, 1.807) is 0 Å². The molecular weight excluding hydrogens is 196 g/mol. The van der Waals surface area contributed by atoms with Gasteiger partial charge in [0, 0.05) is 13.1 Å². The summed E-state index contributed by atoms with van der Waals surface area (Å²) in [5.41, 5.74) is 0.615. The maximum atomic E-state index is 3.49. The third kappa shape index (κ3) is 2.98. The van der Waals surface area contributed by atoms with Gasteiger partial charge in [-0.1, -0.05) is 13.3 Å². The van der Waals surface area contributed by atoms with E-state index in [1.165, 1.54) is 64.7 Å². The lowest BCUT2D eigenvalue weighted by Crippen LogP contribution is -2.44. The van der Waals surface area contributed by atoms with E-state index in [0.717, 1.165) is 5.92 Å². The Bertz CT molecular complexity index is 205. The number of nitrogens with one attached hydrogen (secondary N) is 1. The zero-order chi connectivity index (χ0) is 11.4. The van der Waals surface area contributed by atoms with E-state index in [2.05, 4.69) is 24.2 Å². The van der Waals surface area contributed by atoms with Crippen molar-refractivity contribution in [2.45, 2.75) is 45.4 Å². The highest BCUT2D eigenvalue weighted by Crippen LogP contribution is 2.34. The quantitative estimate of drug-likeness (QED) is 0.772. The van der Waals surface area contributed by atoms with Crippen molar-refractivity contribution >= 4 is 0 Å². The highest BCUT2D eigenvalue weighted by molar-refractivity contribution is 4.86. The van der Waals surface area contributed by atoms with Gasteiger partial charge in [0.2, 0.25) is 0 Å². The van der Waals surface area contributed by atoms with Crippen molar-refractivity contribution in [3.05, 3.63) is 0 Å². The summed E-state index contributed by atoms with van der Waals surface area (Å²) in [4.78, 5) is 2.61. The highest BCUT2D eigenvalue weighted by Gasteiger charge is 2.32. The van der Waals surface area contributed by atoms with Gasteiger partial charge >= 0.3 is 0 Å². The van der Waals surface area contributed by atoms with Crippen LogP contribution in [-0.4, -0.2) is 38.1 Å². The van der Waals surface area contributed by atoms with Gasteiger partial charge in [0.1, 0.15) is 0 Å². The topological polar surface area (TPSA) is 15.3 Å². The van der Waals surface area contributed by atoms with Crippen molar-refractivity contribution in [1.29, 1.82) is 0 Å². The third-order valence-electron chi connectivity index (χ3n) is 4.81. The van der Waals surface area contributed by atoms with Gasteiger partial charge in [-0.2, -0.15) is 0 Å². The largest absolute Gasteiger partial charge is 0.317 e. The molecule has 0 spiro atoms. The summed E-state index contributed by atoms with van der Waals surface area (Å²) in [6.07, 6.45) is 8.53. The van der Waals surface area contributed by atoms with Crippen LogP contribution in [0.2, 0.25) is 0 Å². The molecule has 2 heteroatoms. The summed E-state index contributed by atoms with van der Waals surface area (Å²) >= 11 is 0. The molecule has 1 saturated heterocycles. The van der Waals surface area contributed by atoms with Crippen LogP contribution in [0.3, 0.4) is 0 Å². The predicted molar refractivity (Wildman–Crippen MR) is 69.7 cm³/mol. The molecule has 1 saturated carbocycles. The molecule has 1 aliphatic carbocycles. The number of hydrogen-bond donors (Lipinski definition) is 1. The SMILES string of the molecule is CCC1(CN(C)CC2CCC2)CCNCC1. The van der Waals surface area contributed by atoms with Crippen molar-refractivity contribution in [1.82, 2.24) is 10.2 Å². The van der Waals surface area contributed by atoms with Gasteiger partial charge in [-0.05, 0) is 63.6 Å². The van der Waals surface area contributed by atoms with E-state index in [1.807, 2.05) is 0 Å². The molecule has 2 fully saturated rings. The molecule has 1 aliphatic heterocycles. The molecule has 2 nitrogen and oxygen atoms in total. The average Bonchev–Trinajstić information content (AvgIpc) is 2.25. The Labute approximate surface area is 101 Å². The lowest BCUT2D eigenvalue weighted by atomic mass is 9.76. The molecular formula is C14H28N2. The molecule has 94 valence electrons. The lowest BCUT2D eigenvalue weighted by Gasteiger charge is -2.41. The van der Waals surface area contributed by atoms with Crippen LogP contribution in [0.15, 0.2) is 0 Å². The van der Waals surface area contributed by atoms with Crippen molar-refractivity contribution in [3.8, 4) is 0 Å². The van der Waals surface area contributed by atoms with Crippen molar-refractivity contribution in [3.63, 3.8) is 0 Å². The van der Waals surface area contributed by atoms with Crippen molar-refractivity contribution in [2.75, 3.05) is 33.2 Å². The van der Waals surface area contributed by atoms with Gasteiger partial charge in [0.05, 0.1) is 0 Å². The highest BCUT2D eigenvalue weighted by atomic mass is 15.1. The fourth-order valence-electron chi connectivity index (χ4n) is 3.33. The Kier molecular flexibility index (Phi) is 4.26. The van der Waals surface area contributed by atoms with Gasteiger partial charge < -0.3 is 10.2 Å². The minimum absolute atomic E-state index is 0.615. The maximum Gasteiger partial charge on any atom is 0.00359 e. The molecule has 0 radical (unpaired) electrons. The summed E-state index contributed by atoms with van der Waals surface area (Å²) < 4.78 is 0. The second-order valence-electron chi connectivity index (χ2n) is 6.10. The van der Waals surface area contributed by atoms with E-state index in [-0.39, 0.29) is 0 Å². The van der Waals surface area contributed by atoms with Crippen LogP contribution in [0.5, 0.6) is 0 Å². The van der Waals surface area contributed by atoms with Crippen molar-refractivity contribution in [2.24, 2.45) is 11.3 Å². The van der Waals surface area contributed by atoms with Gasteiger partial charge in [0.15, 0.2) is 0 Å². The van der Waals surface area contributed by atoms with Crippen LogP contribution in [0.1, 0.15) is 45.4 Å². The van der Waals surface area contributed by atoms with E-state index in [0.29, 0.717) is 5.41 Å². The van der Waals surface area contributed by atoms with Crippen LogP contribution >= 0.6 is 0 Å². The Morgan fingerprint density at radius 3 is 2.44 bits per heavy atom. The standard InChI is InChI=1S/C14H28N2/c1-3-14(7-9-15-10-8-14)12-16(2)11-13-5-4-6-13/h13,15H,3-12H2,1-2H3. The Morgan fingerprint density at radius 2 is 1.94 bits per heavy atom. The van der Waals surface area contributed by atoms with Gasteiger partial charge in [-0.3, -0.25) is 0 Å². The van der Waals surface area contributed by atoms with E-state index in [9.17, 15) is 0 Å². The molecule has 16 heavy (non-hydrogen) atoms. The Hall–Kier alpha value is -0.0800. The molecule has 0 amide bonds. The maximum absolute atomic E-state index is 3.49. The van der Waals surface area contributed by atoms with Crippen molar-refractivity contribution < 1.29 is 0 Å². The van der Waals surface area contributed by atoms with Crippen LogP contribution in [0.4, 0.5) is 0 Å². The second kappa shape index (κ2) is 5.50. The monoisotopic (exact) mass is 224 g/mol. The first-order valence-corrected chi connectivity index (χ1v) is 7.13. The van der Waals surface area contributed by atoms with Crippen LogP contribution in [0.25, 0.3) is 0 Å². The first-order valence-electron chi connectivity index (χ1n) is 7.13. The minimum Gasteiger partial charge on any atom is -0.317 e. The predicted octanol–water partition coefficient (Wildman–Crippen LogP) is 2.50. The number of nitrogens with zero attached hydrogens (tertiary/aromatic N) is 1. The van der Waals surface area contributed by atoms with E-state index in [4.69, 9.17) is 0 Å². The van der Waals surface area contributed by atoms with E-state index < -0.39 is 0 Å². The van der Waals surface area contributed by atoms with Gasteiger partial charge in [0.25, 0.3) is 0 Å². The summed E-state index contributed by atoms with van der Waals surface area (Å²) in [7, 11) is 2.33. The normalized spacial score (nSPS) is 25.7. The fourth-order valence-corrected chi connectivity index (χ4v) is 3.33. The number of hydrogen-bond acceptors (Lipinski definition) is 2. The molecule has 0 aromatic rings. The molecule has 0 aromatic carbocycles. The van der Waals surface area contributed by atoms with Crippen LogP contribution < -0.4 is 5.32 Å². The van der Waals surface area contributed by atoms with E-state index >= 15 is 0 Å². The third-order valence-corrected chi connectivity index (χ3v) is 4.81. The Morgan fingerprint density at radius 1 is 1.25 bits per heavy atom. The Balaban J connectivity index is 1.79. The molecule has 2 rings (SSSR count). The molecule has 0 bridgehead atoms. The molecule has 2 aliphatic rings. The minimum atomic E-state index is 0.615. The summed E-state index contributed by atoms with van der Waals surface area (Å²) in [6, 6.07) is 0. The summed E-state index contributed by atoms with van der Waals surface area (Å²) in [6.45, 7) is 7.50. The number of piperidine rings is 1. The first-order chi connectivity index (χ1) is 7.74. The average molecular weight is 224 g/mol. The molecule has 1 heterocycles. The molecule has 0 unspecified atom stereocenters. The second-order valence-corrected chi connectivity index (χ2v) is 6.10. The zero-order valence-electron chi connectivity index (χ0n) is 11.1. The summed E-state index contributed by atoms with van der Waals surface area (Å²) in [5.74, 6) is 1.01. The fraction of sp³-hybridized carbons (Fsp3) is 1.00. The number of rotatable bonds is 5. The molecule has 0 atom stereocenters. The van der Waals surface area contributed by atoms with Gasteiger partial charge in [-0.25, -0.2) is 0 Å². The summed E-state index contributed by atoms with van der Waals surface area (Å²) in [5, 5.41) is 3.49. The molecule has 1 N–H and O–H groups in total. The smallest absolute Gasteiger partial charge is 0.00359 e. The zero-order valence-corrected chi connectivity index (χ0v) is 11.1. The lowest BCUT2D eigenvalue weighted by molar-refractivity contribution is 0.0999. The molecule has 0 aromatic heterocycles. The first kappa shape index (κ1) is 12.4. The van der Waals surface area contributed by atoms with Gasteiger partial charge in [-0.15, -0.1) is 0 Å².